The lowest BCUT2D eigenvalue weighted by Crippen LogP contribution is -2.36. The number of likely N-dealkylation sites (tertiary alicyclic amines) is 1. The predicted octanol–water partition coefficient (Wildman–Crippen LogP) is 2.13. The molecule has 0 aromatic carbocycles. The Morgan fingerprint density at radius 2 is 2.16 bits per heavy atom. The first-order chi connectivity index (χ1) is 12.0. The lowest BCUT2D eigenvalue weighted by Gasteiger charge is -2.23. The molecule has 0 saturated carbocycles. The minimum absolute atomic E-state index is 0.0366. The molecule has 3 heterocycles. The second-order valence-electron chi connectivity index (χ2n) is 6.80. The lowest BCUT2D eigenvalue weighted by atomic mass is 9.92. The molecule has 1 amide bonds. The molecule has 0 bridgehead atoms. The zero-order valence-electron chi connectivity index (χ0n) is 15.5. The molecule has 6 nitrogen and oxygen atoms in total. The van der Waals surface area contributed by atoms with Crippen LogP contribution in [0.15, 0.2) is 18.7 Å². The summed E-state index contributed by atoms with van der Waals surface area (Å²) in [6.07, 6.45) is 6.77. The number of aryl methyl sites for hydroxylation is 2. The summed E-state index contributed by atoms with van der Waals surface area (Å²) in [7, 11) is 3.86. The number of aromatic nitrogens is 3. The van der Waals surface area contributed by atoms with Crippen molar-refractivity contribution in [2.45, 2.75) is 32.7 Å². The van der Waals surface area contributed by atoms with E-state index in [0.29, 0.717) is 6.54 Å². The van der Waals surface area contributed by atoms with E-state index in [4.69, 9.17) is 0 Å². The van der Waals surface area contributed by atoms with Crippen LogP contribution in [-0.2, 0) is 24.8 Å². The number of carbonyl (C=O) groups excluding carboxylic acids is 1. The largest absolute Gasteiger partial charge is 0.340 e. The molecule has 1 aliphatic heterocycles. The molecule has 0 unspecified atom stereocenters. The van der Waals surface area contributed by atoms with E-state index in [1.807, 2.05) is 42.3 Å². The summed E-state index contributed by atoms with van der Waals surface area (Å²) in [5, 5.41) is 1.01. The van der Waals surface area contributed by atoms with Gasteiger partial charge in [-0.15, -0.1) is 11.3 Å². The van der Waals surface area contributed by atoms with Crippen LogP contribution < -0.4 is 0 Å². The van der Waals surface area contributed by atoms with Crippen molar-refractivity contribution in [3.8, 4) is 0 Å². The number of likely N-dealkylation sites (N-methyl/N-ethyl adjacent to an activating group) is 1. The van der Waals surface area contributed by atoms with Gasteiger partial charge in [0.2, 0.25) is 5.91 Å². The fourth-order valence-electron chi connectivity index (χ4n) is 3.47. The molecular weight excluding hydrogens is 334 g/mol. The van der Waals surface area contributed by atoms with Gasteiger partial charge in [-0.3, -0.25) is 4.79 Å². The van der Waals surface area contributed by atoms with E-state index in [9.17, 15) is 4.79 Å². The van der Waals surface area contributed by atoms with Gasteiger partial charge in [-0.05, 0) is 13.0 Å². The van der Waals surface area contributed by atoms with E-state index in [2.05, 4.69) is 28.7 Å². The Bertz CT molecular complexity index is 725. The molecule has 7 heteroatoms. The first-order valence-electron chi connectivity index (χ1n) is 8.90. The average Bonchev–Trinajstić information content (AvgIpc) is 3.32. The van der Waals surface area contributed by atoms with Gasteiger partial charge in [0, 0.05) is 50.4 Å². The van der Waals surface area contributed by atoms with E-state index in [1.54, 1.807) is 11.3 Å². The molecule has 136 valence electrons. The fraction of sp³-hybridized carbons (Fsp3) is 0.611. The van der Waals surface area contributed by atoms with E-state index >= 15 is 0 Å². The summed E-state index contributed by atoms with van der Waals surface area (Å²) in [6.45, 7) is 7.52. The number of hydrogen-bond donors (Lipinski definition) is 0. The van der Waals surface area contributed by atoms with Crippen molar-refractivity contribution in [1.82, 2.24) is 24.3 Å². The summed E-state index contributed by atoms with van der Waals surface area (Å²) < 4.78 is 1.96. The van der Waals surface area contributed by atoms with Crippen LogP contribution in [0.1, 0.15) is 35.3 Å². The monoisotopic (exact) mass is 361 g/mol. The van der Waals surface area contributed by atoms with Crippen LogP contribution in [0.3, 0.4) is 0 Å². The van der Waals surface area contributed by atoms with Gasteiger partial charge in [0.1, 0.15) is 5.01 Å². The van der Waals surface area contributed by atoms with Gasteiger partial charge in [0.25, 0.3) is 0 Å². The highest BCUT2D eigenvalue weighted by atomic mass is 32.1. The molecule has 0 N–H and O–H groups in total. The summed E-state index contributed by atoms with van der Waals surface area (Å²) in [4.78, 5) is 27.5. The maximum atomic E-state index is 13.1. The number of imidazole rings is 1. The summed E-state index contributed by atoms with van der Waals surface area (Å²) in [5.41, 5.74) is 1.02. The van der Waals surface area contributed by atoms with Crippen LogP contribution >= 0.6 is 11.3 Å². The van der Waals surface area contributed by atoms with Crippen LogP contribution in [0.25, 0.3) is 0 Å². The molecule has 3 rings (SSSR count). The third kappa shape index (κ3) is 3.93. The van der Waals surface area contributed by atoms with E-state index in [1.165, 1.54) is 4.88 Å². The van der Waals surface area contributed by atoms with Crippen molar-refractivity contribution < 1.29 is 4.79 Å². The van der Waals surface area contributed by atoms with Gasteiger partial charge >= 0.3 is 0 Å². The summed E-state index contributed by atoms with van der Waals surface area (Å²) >= 11 is 1.70. The Morgan fingerprint density at radius 1 is 1.36 bits per heavy atom. The van der Waals surface area contributed by atoms with E-state index in [0.717, 1.165) is 36.8 Å². The van der Waals surface area contributed by atoms with Crippen molar-refractivity contribution >= 4 is 17.2 Å². The predicted molar refractivity (Wildman–Crippen MR) is 99.5 cm³/mol. The van der Waals surface area contributed by atoms with Crippen molar-refractivity contribution in [1.29, 1.82) is 0 Å². The van der Waals surface area contributed by atoms with Gasteiger partial charge in [0.05, 0.1) is 24.5 Å². The van der Waals surface area contributed by atoms with Crippen molar-refractivity contribution in [3.63, 3.8) is 0 Å². The second-order valence-corrected chi connectivity index (χ2v) is 8.00. The number of rotatable bonds is 6. The number of thiazole rings is 1. The second kappa shape index (κ2) is 7.66. The van der Waals surface area contributed by atoms with Crippen LogP contribution in [0.4, 0.5) is 0 Å². The van der Waals surface area contributed by atoms with Gasteiger partial charge in [0.15, 0.2) is 0 Å². The molecule has 2 aromatic rings. The molecule has 0 spiro atoms. The van der Waals surface area contributed by atoms with Crippen LogP contribution in [0.5, 0.6) is 0 Å². The quantitative estimate of drug-likeness (QED) is 0.791. The van der Waals surface area contributed by atoms with Crippen molar-refractivity contribution in [3.05, 3.63) is 34.3 Å². The first kappa shape index (κ1) is 18.1. The van der Waals surface area contributed by atoms with E-state index < -0.39 is 0 Å². The molecule has 25 heavy (non-hydrogen) atoms. The highest BCUT2D eigenvalue weighted by Crippen LogP contribution is 2.33. The average molecular weight is 362 g/mol. The van der Waals surface area contributed by atoms with Crippen molar-refractivity contribution in [2.75, 3.05) is 26.7 Å². The molecule has 1 saturated heterocycles. The third-order valence-electron chi connectivity index (χ3n) is 4.96. The lowest BCUT2D eigenvalue weighted by molar-refractivity contribution is -0.134. The van der Waals surface area contributed by atoms with Crippen molar-refractivity contribution in [2.24, 2.45) is 13.0 Å². The Labute approximate surface area is 153 Å². The van der Waals surface area contributed by atoms with Gasteiger partial charge in [-0.1, -0.05) is 13.8 Å². The minimum atomic E-state index is -0.0366. The molecule has 2 aromatic heterocycles. The maximum Gasteiger partial charge on any atom is 0.227 e. The minimum Gasteiger partial charge on any atom is -0.340 e. The highest BCUT2D eigenvalue weighted by Gasteiger charge is 2.40. The zero-order valence-corrected chi connectivity index (χ0v) is 16.3. The van der Waals surface area contributed by atoms with Gasteiger partial charge in [-0.2, -0.15) is 0 Å². The Hall–Kier alpha value is -1.73. The topological polar surface area (TPSA) is 54.3 Å². The third-order valence-corrected chi connectivity index (χ3v) is 6.09. The number of amides is 1. The maximum absolute atomic E-state index is 13.1. The highest BCUT2D eigenvalue weighted by molar-refractivity contribution is 7.11. The summed E-state index contributed by atoms with van der Waals surface area (Å²) in [5.74, 6) is 0.323. The van der Waals surface area contributed by atoms with E-state index in [-0.39, 0.29) is 17.7 Å². The fourth-order valence-corrected chi connectivity index (χ4v) is 4.38. The molecule has 1 aliphatic rings. The SMILES string of the molecule is CCc1cnc(CN(C)C(=O)[C@@H]2CN(CC)C[C@H]2c2cn(C)cn2)s1. The van der Waals surface area contributed by atoms with Crippen LogP contribution in [-0.4, -0.2) is 56.9 Å². The number of hydrogen-bond acceptors (Lipinski definition) is 5. The molecule has 0 aliphatic carbocycles. The smallest absolute Gasteiger partial charge is 0.227 e. The summed E-state index contributed by atoms with van der Waals surface area (Å²) in [6, 6.07) is 0. The Kier molecular flexibility index (Phi) is 5.54. The molecule has 0 radical (unpaired) electrons. The standard InChI is InChI=1S/C18H27N5OS/c1-5-13-7-19-17(25-13)11-22(4)18(24)15-9-23(6-2)8-14(15)16-10-21(3)12-20-16/h7,10,12,14-15H,5-6,8-9,11H2,1-4H3/t14-,15-/m1/s1. The van der Waals surface area contributed by atoms with Gasteiger partial charge < -0.3 is 14.4 Å². The number of carbonyl (C=O) groups is 1. The number of nitrogens with zero attached hydrogens (tertiary/aromatic N) is 5. The van der Waals surface area contributed by atoms with Gasteiger partial charge in [-0.25, -0.2) is 9.97 Å². The van der Waals surface area contributed by atoms with Crippen LogP contribution in [0, 0.1) is 5.92 Å². The molecule has 1 fully saturated rings. The Morgan fingerprint density at radius 3 is 2.76 bits per heavy atom. The first-order valence-corrected chi connectivity index (χ1v) is 9.72. The zero-order chi connectivity index (χ0) is 18.0. The normalized spacial score (nSPS) is 21.0. The molecular formula is C18H27N5OS. The van der Waals surface area contributed by atoms with Crippen LogP contribution in [0.2, 0.25) is 0 Å². The Balaban J connectivity index is 1.73. The molecule has 2 atom stereocenters.